The molecular formula is C31H34N2O2. The molecule has 1 saturated carbocycles. The number of fused-ring (bicyclic) bond motifs is 1. The van der Waals surface area contributed by atoms with E-state index in [2.05, 4.69) is 41.4 Å². The number of aryl methyl sites for hydroxylation is 1. The summed E-state index contributed by atoms with van der Waals surface area (Å²) in [6.07, 6.45) is 9.40. The molecule has 4 heteroatoms. The van der Waals surface area contributed by atoms with Gasteiger partial charge in [-0.3, -0.25) is 9.59 Å². The summed E-state index contributed by atoms with van der Waals surface area (Å²) >= 11 is 0. The third-order valence-corrected chi connectivity index (χ3v) is 7.47. The summed E-state index contributed by atoms with van der Waals surface area (Å²) < 4.78 is 0. The van der Waals surface area contributed by atoms with Gasteiger partial charge < -0.3 is 10.2 Å². The second-order valence-corrected chi connectivity index (χ2v) is 9.93. The Morgan fingerprint density at radius 3 is 2.34 bits per heavy atom. The van der Waals surface area contributed by atoms with Gasteiger partial charge in [-0.1, -0.05) is 69.0 Å². The molecule has 0 radical (unpaired) electrons. The van der Waals surface area contributed by atoms with Crippen LogP contribution >= 0.6 is 0 Å². The highest BCUT2D eigenvalue weighted by Gasteiger charge is 2.34. The molecule has 3 aromatic rings. The summed E-state index contributed by atoms with van der Waals surface area (Å²) in [5, 5.41) is 2.99. The van der Waals surface area contributed by atoms with Gasteiger partial charge in [0.2, 0.25) is 0 Å². The molecule has 1 aliphatic heterocycles. The van der Waals surface area contributed by atoms with Crippen molar-refractivity contribution >= 4 is 17.5 Å². The number of unbranched alkanes of at least 4 members (excludes halogenated alkanes) is 2. The summed E-state index contributed by atoms with van der Waals surface area (Å²) in [4.78, 5) is 27.8. The standard InChI is InChI=1S/C31H34N2O2/c1-2-3-4-7-22-10-12-24(13-11-22)30(34)32-27-18-16-23(17-19-27)25-14-15-26-21-33(28-8-5-6-9-28)31(35)29(26)20-25/h10-20,28H,2-9,21H2,1H3,(H,32,34). The molecular weight excluding hydrogens is 432 g/mol. The Bertz CT molecular complexity index is 1190. The molecule has 5 rings (SSSR count). The maximum atomic E-state index is 13.0. The zero-order valence-corrected chi connectivity index (χ0v) is 20.6. The van der Waals surface area contributed by atoms with Gasteiger partial charge in [0, 0.05) is 29.4 Å². The van der Waals surface area contributed by atoms with E-state index in [0.717, 1.165) is 53.7 Å². The first-order valence-electron chi connectivity index (χ1n) is 13.1. The average molecular weight is 467 g/mol. The van der Waals surface area contributed by atoms with Gasteiger partial charge in [-0.15, -0.1) is 0 Å². The minimum Gasteiger partial charge on any atom is -0.331 e. The predicted octanol–water partition coefficient (Wildman–Crippen LogP) is 7.24. The van der Waals surface area contributed by atoms with Gasteiger partial charge in [-0.05, 0) is 78.3 Å². The lowest BCUT2D eigenvalue weighted by Crippen LogP contribution is -2.33. The molecule has 1 N–H and O–H groups in total. The Morgan fingerprint density at radius 1 is 0.914 bits per heavy atom. The average Bonchev–Trinajstić information content (AvgIpc) is 3.53. The Hall–Kier alpha value is -3.40. The van der Waals surface area contributed by atoms with Gasteiger partial charge in [0.15, 0.2) is 0 Å². The van der Waals surface area contributed by atoms with Gasteiger partial charge in [-0.25, -0.2) is 0 Å². The van der Waals surface area contributed by atoms with E-state index in [0.29, 0.717) is 11.6 Å². The molecule has 0 unspecified atom stereocenters. The lowest BCUT2D eigenvalue weighted by Gasteiger charge is -2.23. The summed E-state index contributed by atoms with van der Waals surface area (Å²) in [7, 11) is 0. The van der Waals surface area contributed by atoms with E-state index in [4.69, 9.17) is 0 Å². The molecule has 3 aromatic carbocycles. The van der Waals surface area contributed by atoms with E-state index in [1.165, 1.54) is 37.7 Å². The summed E-state index contributed by atoms with van der Waals surface area (Å²) in [5.41, 5.74) is 6.73. The molecule has 0 spiro atoms. The number of carbonyl (C=O) groups is 2. The quantitative estimate of drug-likeness (QED) is 0.356. The molecule has 0 aromatic heterocycles. The van der Waals surface area contributed by atoms with E-state index < -0.39 is 0 Å². The molecule has 2 aliphatic rings. The normalized spacial score (nSPS) is 15.5. The fraction of sp³-hybridized carbons (Fsp3) is 0.355. The van der Waals surface area contributed by atoms with Gasteiger partial charge in [0.25, 0.3) is 11.8 Å². The number of hydrogen-bond donors (Lipinski definition) is 1. The van der Waals surface area contributed by atoms with E-state index in [-0.39, 0.29) is 11.8 Å². The van der Waals surface area contributed by atoms with Gasteiger partial charge in [0.05, 0.1) is 0 Å². The molecule has 2 amide bonds. The topological polar surface area (TPSA) is 49.4 Å². The lowest BCUT2D eigenvalue weighted by molar-refractivity contribution is 0.0706. The molecule has 0 atom stereocenters. The van der Waals surface area contributed by atoms with Crippen molar-refractivity contribution in [2.45, 2.75) is 70.9 Å². The molecule has 1 fully saturated rings. The fourth-order valence-electron chi connectivity index (χ4n) is 5.37. The Balaban J connectivity index is 1.23. The van der Waals surface area contributed by atoms with Crippen molar-refractivity contribution in [3.8, 4) is 11.1 Å². The van der Waals surface area contributed by atoms with Crippen molar-refractivity contribution in [1.82, 2.24) is 4.90 Å². The third kappa shape index (κ3) is 5.17. The molecule has 1 heterocycles. The van der Waals surface area contributed by atoms with E-state index in [1.807, 2.05) is 42.5 Å². The highest BCUT2D eigenvalue weighted by atomic mass is 16.2. The van der Waals surface area contributed by atoms with Crippen LogP contribution in [-0.4, -0.2) is 22.8 Å². The lowest BCUT2D eigenvalue weighted by atomic mass is 10.00. The largest absolute Gasteiger partial charge is 0.331 e. The van der Waals surface area contributed by atoms with Gasteiger partial charge in [-0.2, -0.15) is 0 Å². The van der Waals surface area contributed by atoms with Crippen LogP contribution in [0.4, 0.5) is 5.69 Å². The first-order valence-corrected chi connectivity index (χ1v) is 13.1. The number of carbonyl (C=O) groups excluding carboxylic acids is 2. The summed E-state index contributed by atoms with van der Waals surface area (Å²) in [6.45, 7) is 2.95. The van der Waals surface area contributed by atoms with Crippen molar-refractivity contribution < 1.29 is 9.59 Å². The molecule has 0 saturated heterocycles. The van der Waals surface area contributed by atoms with E-state index in [9.17, 15) is 9.59 Å². The predicted molar refractivity (Wildman–Crippen MR) is 142 cm³/mol. The number of rotatable bonds is 8. The van der Waals surface area contributed by atoms with Gasteiger partial charge in [0.1, 0.15) is 0 Å². The first-order chi connectivity index (χ1) is 17.1. The summed E-state index contributed by atoms with van der Waals surface area (Å²) in [5.74, 6) is 0.0713. The van der Waals surface area contributed by atoms with Crippen LogP contribution in [0.3, 0.4) is 0 Å². The zero-order valence-electron chi connectivity index (χ0n) is 20.6. The monoisotopic (exact) mass is 466 g/mol. The molecule has 35 heavy (non-hydrogen) atoms. The van der Waals surface area contributed by atoms with Crippen LogP contribution in [-0.2, 0) is 13.0 Å². The van der Waals surface area contributed by atoms with E-state index in [1.54, 1.807) is 0 Å². The SMILES string of the molecule is CCCCCc1ccc(C(=O)Nc2ccc(-c3ccc4c(c3)C(=O)N(C3CCCC3)C4)cc2)cc1. The van der Waals surface area contributed by atoms with Crippen LogP contribution in [0, 0.1) is 0 Å². The number of amides is 2. The highest BCUT2D eigenvalue weighted by molar-refractivity contribution is 6.04. The second kappa shape index (κ2) is 10.5. The van der Waals surface area contributed by atoms with E-state index >= 15 is 0 Å². The van der Waals surface area contributed by atoms with Crippen molar-refractivity contribution in [3.05, 3.63) is 89.0 Å². The molecule has 180 valence electrons. The minimum atomic E-state index is -0.104. The fourth-order valence-corrected chi connectivity index (χ4v) is 5.37. The van der Waals surface area contributed by atoms with Crippen LogP contribution < -0.4 is 5.32 Å². The smallest absolute Gasteiger partial charge is 0.255 e. The van der Waals surface area contributed by atoms with Crippen molar-refractivity contribution in [2.24, 2.45) is 0 Å². The summed E-state index contributed by atoms with van der Waals surface area (Å²) in [6, 6.07) is 22.4. The van der Waals surface area contributed by atoms with Crippen molar-refractivity contribution in [2.75, 3.05) is 5.32 Å². The Kier molecular flexibility index (Phi) is 6.98. The highest BCUT2D eigenvalue weighted by Crippen LogP contribution is 2.34. The maximum Gasteiger partial charge on any atom is 0.255 e. The first kappa shape index (κ1) is 23.3. The van der Waals surface area contributed by atoms with Crippen LogP contribution in [0.1, 0.15) is 83.7 Å². The van der Waals surface area contributed by atoms with Crippen LogP contribution in [0.2, 0.25) is 0 Å². The number of anilines is 1. The Labute approximate surface area is 208 Å². The van der Waals surface area contributed by atoms with Crippen LogP contribution in [0.15, 0.2) is 66.7 Å². The molecule has 1 aliphatic carbocycles. The molecule has 0 bridgehead atoms. The number of nitrogens with zero attached hydrogens (tertiary/aromatic N) is 1. The molecule has 4 nitrogen and oxygen atoms in total. The maximum absolute atomic E-state index is 13.0. The second-order valence-electron chi connectivity index (χ2n) is 9.93. The zero-order chi connectivity index (χ0) is 24.2. The van der Waals surface area contributed by atoms with Crippen LogP contribution in [0.5, 0.6) is 0 Å². The number of hydrogen-bond acceptors (Lipinski definition) is 2. The number of nitrogens with one attached hydrogen (secondary N) is 1. The van der Waals surface area contributed by atoms with Crippen LogP contribution in [0.25, 0.3) is 11.1 Å². The van der Waals surface area contributed by atoms with Crippen molar-refractivity contribution in [1.29, 1.82) is 0 Å². The minimum absolute atomic E-state index is 0.104. The van der Waals surface area contributed by atoms with Crippen molar-refractivity contribution in [3.63, 3.8) is 0 Å². The number of benzene rings is 3. The Morgan fingerprint density at radius 2 is 1.63 bits per heavy atom. The van der Waals surface area contributed by atoms with Gasteiger partial charge >= 0.3 is 0 Å². The third-order valence-electron chi connectivity index (χ3n) is 7.47.